The zero-order valence-electron chi connectivity index (χ0n) is 22.9. The minimum atomic E-state index is -0.858. The van der Waals surface area contributed by atoms with E-state index in [-0.39, 0.29) is 11.8 Å². The van der Waals surface area contributed by atoms with Gasteiger partial charge in [-0.25, -0.2) is 0 Å². The number of aliphatic hydroxyl groups is 1. The fourth-order valence-electron chi connectivity index (χ4n) is 5.61. The maximum atomic E-state index is 11.0. The number of aryl methyl sites for hydroxylation is 2. The topological polar surface area (TPSA) is 57.5 Å². The van der Waals surface area contributed by atoms with Crippen LogP contribution in [0, 0.1) is 25.7 Å². The predicted octanol–water partition coefficient (Wildman–Crippen LogP) is 7.31. The third-order valence-corrected chi connectivity index (χ3v) is 9.12. The Bertz CT molecular complexity index is 1350. The molecule has 0 amide bonds. The molecule has 38 heavy (non-hydrogen) atoms. The van der Waals surface area contributed by atoms with Crippen molar-refractivity contribution in [3.8, 4) is 23.0 Å². The predicted molar refractivity (Wildman–Crippen MR) is 159 cm³/mol. The van der Waals surface area contributed by atoms with Gasteiger partial charge in [0.1, 0.15) is 5.60 Å². The highest BCUT2D eigenvalue weighted by molar-refractivity contribution is 7.99. The summed E-state index contributed by atoms with van der Waals surface area (Å²) in [6.07, 6.45) is 3.47. The number of benzene rings is 3. The van der Waals surface area contributed by atoms with Gasteiger partial charge in [-0.15, -0.1) is 0 Å². The average Bonchev–Trinajstić information content (AvgIpc) is 2.90. The molecule has 1 saturated heterocycles. The van der Waals surface area contributed by atoms with Crippen LogP contribution in [0.4, 0.5) is 0 Å². The maximum Gasteiger partial charge on any atom is 0.307 e. The van der Waals surface area contributed by atoms with Gasteiger partial charge in [0.15, 0.2) is 0 Å². The van der Waals surface area contributed by atoms with Crippen molar-refractivity contribution >= 4 is 17.7 Å². The number of hydrogen-bond acceptors (Lipinski definition) is 3. The molecule has 198 valence electrons. The Hall–Kier alpha value is -3.00. The molecule has 3 aromatic carbocycles. The van der Waals surface area contributed by atoms with E-state index in [1.165, 1.54) is 16.7 Å². The smallest absolute Gasteiger partial charge is 0.307 e. The molecule has 0 atom stereocenters. The van der Waals surface area contributed by atoms with Gasteiger partial charge in [0.2, 0.25) is 0 Å². The lowest BCUT2D eigenvalue weighted by atomic mass is 9.69. The van der Waals surface area contributed by atoms with E-state index in [1.54, 1.807) is 0 Å². The van der Waals surface area contributed by atoms with Crippen LogP contribution in [0.2, 0.25) is 0 Å². The highest BCUT2D eigenvalue weighted by Crippen LogP contribution is 2.41. The van der Waals surface area contributed by atoms with E-state index in [9.17, 15) is 9.90 Å². The molecule has 0 saturated carbocycles. The van der Waals surface area contributed by atoms with E-state index in [0.29, 0.717) is 0 Å². The summed E-state index contributed by atoms with van der Waals surface area (Å²) >= 11 is 1.89. The molecular formula is C34H38O3S. The summed E-state index contributed by atoms with van der Waals surface area (Å²) in [5.74, 6) is 7.58. The minimum Gasteiger partial charge on any atom is -0.481 e. The van der Waals surface area contributed by atoms with Gasteiger partial charge < -0.3 is 10.2 Å². The summed E-state index contributed by atoms with van der Waals surface area (Å²) in [7, 11) is 0. The fourth-order valence-corrected chi connectivity index (χ4v) is 6.78. The van der Waals surface area contributed by atoms with Crippen molar-refractivity contribution in [3.05, 3.63) is 94.0 Å². The molecule has 3 aromatic rings. The van der Waals surface area contributed by atoms with Crippen molar-refractivity contribution in [1.82, 2.24) is 0 Å². The molecule has 4 rings (SSSR count). The Morgan fingerprint density at radius 1 is 0.921 bits per heavy atom. The van der Waals surface area contributed by atoms with Gasteiger partial charge in [0.05, 0.1) is 6.42 Å². The van der Waals surface area contributed by atoms with Gasteiger partial charge in [0.25, 0.3) is 0 Å². The Labute approximate surface area is 231 Å². The highest BCUT2D eigenvalue weighted by atomic mass is 32.2. The molecule has 0 bridgehead atoms. The molecule has 1 aliphatic heterocycles. The monoisotopic (exact) mass is 526 g/mol. The van der Waals surface area contributed by atoms with Crippen LogP contribution in [0.5, 0.6) is 0 Å². The van der Waals surface area contributed by atoms with Crippen LogP contribution in [-0.4, -0.2) is 33.3 Å². The van der Waals surface area contributed by atoms with Crippen molar-refractivity contribution in [2.45, 2.75) is 70.8 Å². The molecule has 0 spiro atoms. The third kappa shape index (κ3) is 6.01. The third-order valence-electron chi connectivity index (χ3n) is 8.14. The van der Waals surface area contributed by atoms with Crippen LogP contribution in [0.3, 0.4) is 0 Å². The Morgan fingerprint density at radius 2 is 1.53 bits per heavy atom. The first kappa shape index (κ1) is 28.0. The molecule has 0 radical (unpaired) electrons. The van der Waals surface area contributed by atoms with Crippen molar-refractivity contribution in [2.75, 3.05) is 11.5 Å². The molecule has 2 N–H and O–H groups in total. The molecular weight excluding hydrogens is 488 g/mol. The van der Waals surface area contributed by atoms with Gasteiger partial charge in [-0.2, -0.15) is 11.8 Å². The summed E-state index contributed by atoms with van der Waals surface area (Å²) in [6.45, 7) is 8.78. The SMILES string of the molecule is CCC(CC)(c1ccc(C#CC2(O)CCSCC2)c(C)c1)c1ccc(-c2ccc(CC(=O)O)cc2)c(C)c1. The lowest BCUT2D eigenvalue weighted by Crippen LogP contribution is -2.31. The van der Waals surface area contributed by atoms with E-state index >= 15 is 0 Å². The molecule has 3 nitrogen and oxygen atoms in total. The van der Waals surface area contributed by atoms with Gasteiger partial charge in [-0.05, 0) is 96.0 Å². The first-order valence-electron chi connectivity index (χ1n) is 13.6. The first-order chi connectivity index (χ1) is 18.2. The Balaban J connectivity index is 1.64. The van der Waals surface area contributed by atoms with Crippen molar-refractivity contribution in [3.63, 3.8) is 0 Å². The van der Waals surface area contributed by atoms with Crippen molar-refractivity contribution in [2.24, 2.45) is 0 Å². The normalized spacial score (nSPS) is 15.0. The summed E-state index contributed by atoms with van der Waals surface area (Å²) in [5.41, 5.74) is 8.04. The van der Waals surface area contributed by atoms with E-state index in [1.807, 2.05) is 36.0 Å². The minimum absolute atomic E-state index is 0.0392. The van der Waals surface area contributed by atoms with Crippen LogP contribution >= 0.6 is 11.8 Å². The second-order valence-electron chi connectivity index (χ2n) is 10.5. The van der Waals surface area contributed by atoms with Gasteiger partial charge >= 0.3 is 5.97 Å². The molecule has 0 aliphatic carbocycles. The van der Waals surface area contributed by atoms with Crippen LogP contribution < -0.4 is 0 Å². The lowest BCUT2D eigenvalue weighted by Gasteiger charge is -2.34. The van der Waals surface area contributed by atoms with E-state index in [2.05, 4.69) is 75.9 Å². The number of thioether (sulfide) groups is 1. The second-order valence-corrected chi connectivity index (χ2v) is 11.7. The molecule has 1 heterocycles. The van der Waals surface area contributed by atoms with E-state index in [0.717, 1.165) is 65.0 Å². The first-order valence-corrected chi connectivity index (χ1v) is 14.7. The van der Waals surface area contributed by atoms with Crippen LogP contribution in [-0.2, 0) is 16.6 Å². The Morgan fingerprint density at radius 3 is 2.08 bits per heavy atom. The number of carboxylic acid groups (broad SMARTS) is 1. The molecule has 4 heteroatoms. The molecule has 0 aromatic heterocycles. The van der Waals surface area contributed by atoms with Gasteiger partial charge in [-0.3, -0.25) is 4.79 Å². The average molecular weight is 527 g/mol. The van der Waals surface area contributed by atoms with E-state index < -0.39 is 11.6 Å². The zero-order chi connectivity index (χ0) is 27.3. The van der Waals surface area contributed by atoms with Crippen LogP contribution in [0.1, 0.15) is 72.9 Å². The zero-order valence-corrected chi connectivity index (χ0v) is 23.8. The van der Waals surface area contributed by atoms with Gasteiger partial charge in [0, 0.05) is 11.0 Å². The molecule has 1 fully saturated rings. The quantitative estimate of drug-likeness (QED) is 0.317. The van der Waals surface area contributed by atoms with Gasteiger partial charge in [-0.1, -0.05) is 80.3 Å². The molecule has 1 aliphatic rings. The largest absolute Gasteiger partial charge is 0.481 e. The highest BCUT2D eigenvalue weighted by Gasteiger charge is 2.31. The number of carbonyl (C=O) groups is 1. The van der Waals surface area contributed by atoms with Crippen molar-refractivity contribution in [1.29, 1.82) is 0 Å². The standard InChI is InChI=1S/C34H38O3S/c1-5-34(6-2,29-12-11-27(24(3)21-29)15-16-33(37)17-19-38-20-18-33)30-13-14-31(25(4)22-30)28-9-7-26(8-10-28)23-32(35)36/h7-14,21-22,37H,5-6,17-20,23H2,1-4H3,(H,35,36). The lowest BCUT2D eigenvalue weighted by molar-refractivity contribution is -0.136. The fraction of sp³-hybridized carbons (Fsp3) is 0.382. The second kappa shape index (κ2) is 11.8. The number of rotatable bonds is 7. The summed E-state index contributed by atoms with van der Waals surface area (Å²) in [6, 6.07) is 21.2. The number of aliphatic carboxylic acids is 1. The van der Waals surface area contributed by atoms with Crippen molar-refractivity contribution < 1.29 is 15.0 Å². The Kier molecular flexibility index (Phi) is 8.71. The van der Waals surface area contributed by atoms with E-state index in [4.69, 9.17) is 5.11 Å². The summed E-state index contributed by atoms with van der Waals surface area (Å²) < 4.78 is 0. The molecule has 0 unspecified atom stereocenters. The van der Waals surface area contributed by atoms with Crippen LogP contribution in [0.25, 0.3) is 11.1 Å². The maximum absolute atomic E-state index is 11.0. The van der Waals surface area contributed by atoms with Crippen LogP contribution in [0.15, 0.2) is 60.7 Å². The summed E-state index contributed by atoms with van der Waals surface area (Å²) in [4.78, 5) is 11.0. The number of carboxylic acids is 1. The summed E-state index contributed by atoms with van der Waals surface area (Å²) in [5, 5.41) is 19.9. The number of hydrogen-bond donors (Lipinski definition) is 2.